The fourth-order valence-electron chi connectivity index (χ4n) is 0. The van der Waals surface area contributed by atoms with E-state index in [1.54, 1.807) is 0 Å². The van der Waals surface area contributed by atoms with Crippen LogP contribution in [0.2, 0.25) is 0 Å². The summed E-state index contributed by atoms with van der Waals surface area (Å²) in [4.78, 5) is 0. The van der Waals surface area contributed by atoms with E-state index in [1.165, 1.54) is 0 Å². The molecule has 0 bridgehead atoms. The Kier molecular flexibility index (Phi) is 111. The molecule has 0 aliphatic carbocycles. The van der Waals surface area contributed by atoms with Crippen LogP contribution in [0.1, 0.15) is 0 Å². The third-order valence-corrected chi connectivity index (χ3v) is 0. The van der Waals surface area contributed by atoms with Gasteiger partial charge in [-0.1, -0.05) is 0 Å². The van der Waals surface area contributed by atoms with Gasteiger partial charge in [-0.2, -0.15) is 0 Å². The van der Waals surface area contributed by atoms with Crippen LogP contribution in [0.15, 0.2) is 0 Å². The third-order valence-electron chi connectivity index (χ3n) is 0. The first-order valence-corrected chi connectivity index (χ1v) is 0. The Labute approximate surface area is 99.5 Å². The van der Waals surface area contributed by atoms with Crippen molar-refractivity contribution in [3.8, 4) is 0 Å². The second-order valence-electron chi connectivity index (χ2n) is 0. The molecule has 0 saturated carbocycles. The first kappa shape index (κ1) is 27.2. The zero-order valence-electron chi connectivity index (χ0n) is 2.05. The van der Waals surface area contributed by atoms with Crippen LogP contribution in [0, 0.1) is 0 Å². The van der Waals surface area contributed by atoms with Gasteiger partial charge in [-0.05, 0) is 0 Å². The van der Waals surface area contributed by atoms with Crippen molar-refractivity contribution in [3.05, 3.63) is 0 Å². The quantitative estimate of drug-likeness (QED) is 0.476. The fourth-order valence-corrected chi connectivity index (χ4v) is 0. The second-order valence-corrected chi connectivity index (χ2v) is 0. The summed E-state index contributed by atoms with van der Waals surface area (Å²) >= 11 is 0. The molecule has 0 nitrogen and oxygen atoms in total. The van der Waals surface area contributed by atoms with E-state index in [0.29, 0.717) is 0 Å². The largest absolute Gasteiger partial charge is 0 e. The Bertz CT molecular complexity index is 8.00. The molecule has 0 aliphatic heterocycles. The molecule has 0 aromatic heterocycles. The molecule has 0 aromatic carbocycles. The van der Waals surface area contributed by atoms with Gasteiger partial charge in [0.05, 0.1) is 0 Å². The van der Waals surface area contributed by atoms with E-state index >= 15 is 0 Å². The maximum Gasteiger partial charge on any atom is 0 e. The van der Waals surface area contributed by atoms with Gasteiger partial charge < -0.3 is 0 Å². The average Bonchev–Trinajstić information content (AvgIpc) is 0. The molecular weight excluding hydrogens is 209 g/mol. The summed E-state index contributed by atoms with van der Waals surface area (Å²) in [6.07, 6.45) is 0. The normalized spacial score (nSPS) is 0. The van der Waals surface area contributed by atoms with Crippen LogP contribution >= 0.6 is 0 Å². The maximum absolute atomic E-state index is 0. The monoisotopic (exact) mass is 208 g/mol. The van der Waals surface area contributed by atoms with Crippen molar-refractivity contribution in [1.82, 2.24) is 0 Å². The molecule has 0 aliphatic rings. The molecule has 0 unspecified atom stereocenters. The van der Waals surface area contributed by atoms with Gasteiger partial charge in [-0.15, -0.1) is 0 Å². The van der Waals surface area contributed by atoms with Gasteiger partial charge in [-0.25, -0.2) is 0 Å². The van der Waals surface area contributed by atoms with E-state index < -0.39 is 0 Å². The molecule has 4 heavy (non-hydrogen) atoms. The first-order chi connectivity index (χ1) is 0. The molecule has 2 radical (unpaired) electrons. The minimum atomic E-state index is 0. The predicted octanol–water partition coefficient (Wildman–Crippen LogP) is -0.388. The van der Waals surface area contributed by atoms with Crippen molar-refractivity contribution in [2.75, 3.05) is 0 Å². The zero-order valence-corrected chi connectivity index (χ0v) is 8.44. The first-order valence-electron chi connectivity index (χ1n) is 0. The molecule has 0 amide bonds. The van der Waals surface area contributed by atoms with Gasteiger partial charge in [0.15, 0.2) is 0 Å². The molecule has 0 fully saturated rings. The summed E-state index contributed by atoms with van der Waals surface area (Å²) in [5, 5.41) is 0. The van der Waals surface area contributed by atoms with Gasteiger partial charge in [0.1, 0.15) is 0 Å². The maximum atomic E-state index is 0. The van der Waals surface area contributed by atoms with Crippen LogP contribution in [-0.4, -0.2) is 51.4 Å². The third kappa shape index (κ3) is 8.95. The molecule has 0 aromatic rings. The minimum absolute atomic E-state index is 0. The standard InChI is InChI=1S/Fe.K.Mn.Ni. The van der Waals surface area contributed by atoms with Crippen LogP contribution in [0.5, 0.6) is 0 Å². The number of hydrogen-bond donors (Lipinski definition) is 0. The Morgan fingerprint density at radius 1 is 1.00 bits per heavy atom. The Hall–Kier alpha value is 3.17. The van der Waals surface area contributed by atoms with Crippen LogP contribution < -0.4 is 0 Å². The van der Waals surface area contributed by atoms with Crippen molar-refractivity contribution in [2.24, 2.45) is 0 Å². The van der Waals surface area contributed by atoms with Gasteiger partial charge in [0.2, 0.25) is 0 Å². The van der Waals surface area contributed by atoms with E-state index in [-0.39, 0.29) is 102 Å². The molecule has 0 spiro atoms. The zero-order chi connectivity index (χ0) is 0. The summed E-state index contributed by atoms with van der Waals surface area (Å²) in [6, 6.07) is 0. The van der Waals surface area contributed by atoms with E-state index in [0.717, 1.165) is 0 Å². The molecular formula is FeKMnNi. The van der Waals surface area contributed by atoms with Crippen LogP contribution in [0.25, 0.3) is 0 Å². The molecule has 0 rings (SSSR count). The summed E-state index contributed by atoms with van der Waals surface area (Å²) in [5.41, 5.74) is 0. The van der Waals surface area contributed by atoms with Gasteiger partial charge in [0, 0.05) is 102 Å². The van der Waals surface area contributed by atoms with E-state index in [4.69, 9.17) is 0 Å². The number of hydrogen-bond acceptors (Lipinski definition) is 0. The minimum Gasteiger partial charge on any atom is 0 e. The molecule has 4 heteroatoms. The second kappa shape index (κ2) is 16.4. The van der Waals surface area contributed by atoms with Crippen LogP contribution in [0.3, 0.4) is 0 Å². The summed E-state index contributed by atoms with van der Waals surface area (Å²) in [7, 11) is 0. The smallest absolute Gasteiger partial charge is 0 e. The van der Waals surface area contributed by atoms with Crippen molar-refractivity contribution >= 4 is 51.4 Å². The van der Waals surface area contributed by atoms with E-state index in [1.807, 2.05) is 0 Å². The summed E-state index contributed by atoms with van der Waals surface area (Å²) in [5.74, 6) is 0. The summed E-state index contributed by atoms with van der Waals surface area (Å²) in [6.45, 7) is 0. The predicted molar refractivity (Wildman–Crippen MR) is 5.75 cm³/mol. The van der Waals surface area contributed by atoms with Crippen molar-refractivity contribution in [3.63, 3.8) is 0 Å². The molecule has 0 saturated heterocycles. The van der Waals surface area contributed by atoms with E-state index in [2.05, 4.69) is 0 Å². The van der Waals surface area contributed by atoms with Crippen molar-refractivity contribution in [1.29, 1.82) is 0 Å². The average molecular weight is 209 g/mol. The van der Waals surface area contributed by atoms with Crippen LogP contribution in [0.4, 0.5) is 0 Å². The SMILES string of the molecule is [Fe].[K].[Mn].[Ni]. The molecule has 0 atom stereocenters. The Morgan fingerprint density at radius 3 is 1.00 bits per heavy atom. The van der Waals surface area contributed by atoms with Gasteiger partial charge >= 0.3 is 0 Å². The topological polar surface area (TPSA) is 0 Å². The molecule has 0 N–H and O–H groups in total. The van der Waals surface area contributed by atoms with Gasteiger partial charge in [0.25, 0.3) is 0 Å². The fraction of sp³-hybridized carbons (Fsp3) is 0. The molecule has 26 valence electrons. The molecule has 0 heterocycles. The summed E-state index contributed by atoms with van der Waals surface area (Å²) < 4.78 is 0. The van der Waals surface area contributed by atoms with Crippen LogP contribution in [-0.2, 0) is 50.6 Å². The van der Waals surface area contributed by atoms with Crippen molar-refractivity contribution < 1.29 is 50.6 Å². The number of rotatable bonds is 0. The van der Waals surface area contributed by atoms with E-state index in [9.17, 15) is 0 Å². The Morgan fingerprint density at radius 2 is 1.00 bits per heavy atom. The van der Waals surface area contributed by atoms with Crippen molar-refractivity contribution in [2.45, 2.75) is 0 Å². The van der Waals surface area contributed by atoms with Gasteiger partial charge in [-0.3, -0.25) is 0 Å². The Balaban J connectivity index is 0.